The van der Waals surface area contributed by atoms with Crippen LogP contribution in [0.5, 0.6) is 5.75 Å². The molecule has 0 bridgehead atoms. The zero-order valence-electron chi connectivity index (χ0n) is 15.9. The predicted octanol–water partition coefficient (Wildman–Crippen LogP) is 4.62. The van der Waals surface area contributed by atoms with E-state index >= 15 is 0 Å². The highest BCUT2D eigenvalue weighted by atomic mass is 35.5. The third-order valence-electron chi connectivity index (χ3n) is 4.42. The maximum absolute atomic E-state index is 10.2. The van der Waals surface area contributed by atoms with Crippen LogP contribution in [-0.2, 0) is 6.42 Å². The zero-order chi connectivity index (χ0) is 20.0. The van der Waals surface area contributed by atoms with E-state index in [1.807, 2.05) is 31.2 Å². The fourth-order valence-corrected chi connectivity index (χ4v) is 3.47. The number of aliphatic hydroxyl groups excluding tert-OH is 1. The minimum absolute atomic E-state index is 0.249. The van der Waals surface area contributed by atoms with E-state index in [0.717, 1.165) is 40.4 Å². The molecule has 2 rings (SSSR count). The minimum Gasteiger partial charge on any atom is -0.490 e. The van der Waals surface area contributed by atoms with Crippen LogP contribution in [0.15, 0.2) is 30.3 Å². The van der Waals surface area contributed by atoms with Crippen molar-refractivity contribution in [1.82, 2.24) is 0 Å². The number of hydrogen-bond acceptors (Lipinski definition) is 2. The standard InChI is InChI=1S/C21H26Cl3NO2/c1-13(2)18-10-19(23)14(3)8-21(18)27-12-17(26)11-25-7-6-15-4-5-16(22)9-20(15)24/h4-5,8-10,13,17,25-26H,6-7,11-12H2,1-3H3/p+1/t17-/m0/s1. The second-order valence-electron chi connectivity index (χ2n) is 7.06. The molecule has 1 atom stereocenters. The maximum atomic E-state index is 10.2. The predicted molar refractivity (Wildman–Crippen MR) is 114 cm³/mol. The highest BCUT2D eigenvalue weighted by Crippen LogP contribution is 2.32. The van der Waals surface area contributed by atoms with E-state index in [9.17, 15) is 5.11 Å². The zero-order valence-corrected chi connectivity index (χ0v) is 18.2. The molecule has 3 nitrogen and oxygen atoms in total. The highest BCUT2D eigenvalue weighted by molar-refractivity contribution is 6.35. The number of ether oxygens (including phenoxy) is 1. The Morgan fingerprint density at radius 1 is 1.07 bits per heavy atom. The molecule has 0 amide bonds. The lowest BCUT2D eigenvalue weighted by atomic mass is 10.0. The lowest BCUT2D eigenvalue weighted by Gasteiger charge is -2.17. The quantitative estimate of drug-likeness (QED) is 0.569. The fraction of sp³-hybridized carbons (Fsp3) is 0.429. The molecule has 0 radical (unpaired) electrons. The van der Waals surface area contributed by atoms with Gasteiger partial charge in [-0.05, 0) is 53.8 Å². The molecule has 148 valence electrons. The minimum atomic E-state index is -0.554. The molecule has 2 aromatic rings. The summed E-state index contributed by atoms with van der Waals surface area (Å²) in [5, 5.41) is 14.3. The normalized spacial score (nSPS) is 12.4. The Hall–Kier alpha value is -0.970. The first-order valence-electron chi connectivity index (χ1n) is 9.14. The summed E-state index contributed by atoms with van der Waals surface area (Å²) in [6.07, 6.45) is 0.263. The molecule has 0 unspecified atom stereocenters. The maximum Gasteiger partial charge on any atom is 0.137 e. The Morgan fingerprint density at radius 2 is 1.81 bits per heavy atom. The van der Waals surface area contributed by atoms with Gasteiger partial charge in [0.2, 0.25) is 0 Å². The number of quaternary nitrogens is 1. The summed E-state index contributed by atoms with van der Waals surface area (Å²) in [7, 11) is 0. The summed E-state index contributed by atoms with van der Waals surface area (Å²) >= 11 is 18.3. The summed E-state index contributed by atoms with van der Waals surface area (Å²) in [5.41, 5.74) is 3.08. The number of aryl methyl sites for hydroxylation is 1. The summed E-state index contributed by atoms with van der Waals surface area (Å²) < 4.78 is 5.88. The molecular weight excluding hydrogens is 405 g/mol. The number of hydrogen-bond donors (Lipinski definition) is 2. The Balaban J connectivity index is 1.79. The van der Waals surface area contributed by atoms with Gasteiger partial charge in [-0.1, -0.05) is 54.7 Å². The van der Waals surface area contributed by atoms with Crippen LogP contribution in [0.3, 0.4) is 0 Å². The molecular formula is C21H27Cl3NO2+. The van der Waals surface area contributed by atoms with E-state index in [4.69, 9.17) is 39.5 Å². The monoisotopic (exact) mass is 430 g/mol. The van der Waals surface area contributed by atoms with Crippen molar-refractivity contribution in [3.63, 3.8) is 0 Å². The molecule has 0 aliphatic carbocycles. The molecule has 27 heavy (non-hydrogen) atoms. The first-order valence-corrected chi connectivity index (χ1v) is 10.3. The Bertz CT molecular complexity index is 765. The van der Waals surface area contributed by atoms with Gasteiger partial charge in [0.05, 0.1) is 6.54 Å². The lowest BCUT2D eigenvalue weighted by Crippen LogP contribution is -2.87. The fourth-order valence-electron chi connectivity index (χ4n) is 2.79. The molecule has 0 aromatic heterocycles. The topological polar surface area (TPSA) is 46.1 Å². The van der Waals surface area contributed by atoms with Crippen molar-refractivity contribution < 1.29 is 15.2 Å². The molecule has 6 heteroatoms. The van der Waals surface area contributed by atoms with Crippen molar-refractivity contribution in [1.29, 1.82) is 0 Å². The number of halogens is 3. The van der Waals surface area contributed by atoms with Gasteiger partial charge in [0.15, 0.2) is 0 Å². The Morgan fingerprint density at radius 3 is 2.48 bits per heavy atom. The Labute approximate surface area is 176 Å². The third kappa shape index (κ3) is 6.85. The van der Waals surface area contributed by atoms with Crippen molar-refractivity contribution in [3.05, 3.63) is 62.1 Å². The number of benzene rings is 2. The van der Waals surface area contributed by atoms with Gasteiger partial charge in [0.25, 0.3) is 0 Å². The molecule has 0 aliphatic rings. The highest BCUT2D eigenvalue weighted by Gasteiger charge is 2.14. The van der Waals surface area contributed by atoms with Gasteiger partial charge in [0.1, 0.15) is 25.0 Å². The van der Waals surface area contributed by atoms with E-state index in [1.54, 1.807) is 6.07 Å². The number of aliphatic hydroxyl groups is 1. The van der Waals surface area contributed by atoms with Crippen LogP contribution < -0.4 is 10.1 Å². The van der Waals surface area contributed by atoms with Gasteiger partial charge in [-0.3, -0.25) is 0 Å². The molecule has 2 aromatic carbocycles. The van der Waals surface area contributed by atoms with Crippen molar-refractivity contribution in [2.75, 3.05) is 19.7 Å². The van der Waals surface area contributed by atoms with Gasteiger partial charge in [-0.25, -0.2) is 0 Å². The molecule has 0 saturated carbocycles. The van der Waals surface area contributed by atoms with Crippen molar-refractivity contribution >= 4 is 34.8 Å². The van der Waals surface area contributed by atoms with Gasteiger partial charge in [0, 0.05) is 21.5 Å². The molecule has 0 saturated heterocycles. The average molecular weight is 432 g/mol. The van der Waals surface area contributed by atoms with Crippen molar-refractivity contribution in [2.24, 2.45) is 0 Å². The molecule has 0 heterocycles. The van der Waals surface area contributed by atoms with Crippen LogP contribution >= 0.6 is 34.8 Å². The van der Waals surface area contributed by atoms with Crippen LogP contribution in [0, 0.1) is 6.92 Å². The first kappa shape index (κ1) is 22.3. The lowest BCUT2D eigenvalue weighted by molar-refractivity contribution is -0.660. The average Bonchev–Trinajstić information content (AvgIpc) is 2.60. The van der Waals surface area contributed by atoms with Gasteiger partial charge >= 0.3 is 0 Å². The van der Waals surface area contributed by atoms with Crippen LogP contribution in [0.25, 0.3) is 0 Å². The van der Waals surface area contributed by atoms with Crippen molar-refractivity contribution in [2.45, 2.75) is 39.2 Å². The van der Waals surface area contributed by atoms with Crippen molar-refractivity contribution in [3.8, 4) is 5.75 Å². The summed E-state index contributed by atoms with van der Waals surface area (Å²) in [4.78, 5) is 0. The van der Waals surface area contributed by atoms with Gasteiger partial charge < -0.3 is 15.2 Å². The van der Waals surface area contributed by atoms with Crippen LogP contribution in [0.4, 0.5) is 0 Å². The molecule has 0 spiro atoms. The largest absolute Gasteiger partial charge is 0.490 e. The van der Waals surface area contributed by atoms with E-state index in [1.165, 1.54) is 0 Å². The van der Waals surface area contributed by atoms with E-state index in [0.29, 0.717) is 22.5 Å². The second-order valence-corrected chi connectivity index (χ2v) is 8.31. The van der Waals surface area contributed by atoms with Crippen LogP contribution in [-0.4, -0.2) is 30.9 Å². The summed E-state index contributed by atoms with van der Waals surface area (Å²) in [6.45, 7) is 7.79. The van der Waals surface area contributed by atoms with E-state index in [2.05, 4.69) is 19.2 Å². The summed E-state index contributed by atoms with van der Waals surface area (Å²) in [5.74, 6) is 1.09. The van der Waals surface area contributed by atoms with E-state index < -0.39 is 6.10 Å². The summed E-state index contributed by atoms with van der Waals surface area (Å²) in [6, 6.07) is 9.42. The Kier molecular flexibility index (Phi) is 8.71. The van der Waals surface area contributed by atoms with Gasteiger partial charge in [-0.2, -0.15) is 0 Å². The number of rotatable bonds is 9. The first-order chi connectivity index (χ1) is 12.8. The molecule has 0 fully saturated rings. The van der Waals surface area contributed by atoms with Crippen LogP contribution in [0.2, 0.25) is 15.1 Å². The molecule has 0 aliphatic heterocycles. The molecule has 3 N–H and O–H groups in total. The SMILES string of the molecule is Cc1cc(OC[C@@H](O)C[NH2+]CCc2ccc(Cl)cc2Cl)c(C(C)C)cc1Cl. The van der Waals surface area contributed by atoms with Gasteiger partial charge in [-0.15, -0.1) is 0 Å². The third-order valence-corrected chi connectivity index (χ3v) is 5.41. The second kappa shape index (κ2) is 10.5. The van der Waals surface area contributed by atoms with Crippen LogP contribution in [0.1, 0.15) is 36.5 Å². The number of nitrogens with two attached hydrogens (primary N) is 1. The smallest absolute Gasteiger partial charge is 0.137 e. The van der Waals surface area contributed by atoms with E-state index in [-0.39, 0.29) is 6.61 Å².